The summed E-state index contributed by atoms with van der Waals surface area (Å²) in [6, 6.07) is 0. The van der Waals surface area contributed by atoms with E-state index < -0.39 is 5.97 Å². The van der Waals surface area contributed by atoms with Crippen LogP contribution in [0.4, 0.5) is 0 Å². The van der Waals surface area contributed by atoms with Gasteiger partial charge in [-0.25, -0.2) is 4.98 Å². The third-order valence-corrected chi connectivity index (χ3v) is 1.55. The van der Waals surface area contributed by atoms with Crippen molar-refractivity contribution in [1.82, 2.24) is 9.97 Å². The average Bonchev–Trinajstić information content (AvgIpc) is 2.29. The smallest absolute Gasteiger partial charge is 0.311 e. The number of rotatable bonds is 3. The minimum Gasteiger partial charge on any atom is -0.481 e. The normalized spacial score (nSPS) is 10.2. The third-order valence-electron chi connectivity index (χ3n) is 1.55. The van der Waals surface area contributed by atoms with Gasteiger partial charge in [-0.05, 0) is 6.92 Å². The van der Waals surface area contributed by atoms with Gasteiger partial charge in [0.25, 0.3) is 0 Å². The summed E-state index contributed by atoms with van der Waals surface area (Å²) in [5.74, 6) is -0.437. The second kappa shape index (κ2) is 3.36. The summed E-state index contributed by atoms with van der Waals surface area (Å²) in [7, 11) is 0. The number of H-pyrrole nitrogens is 1. The van der Waals surface area contributed by atoms with Gasteiger partial charge >= 0.3 is 5.97 Å². The minimum atomic E-state index is -0.896. The lowest BCUT2D eigenvalue weighted by Crippen LogP contribution is -2.02. The second-order valence-corrected chi connectivity index (χ2v) is 2.53. The van der Waals surface area contributed by atoms with Crippen LogP contribution < -0.4 is 5.73 Å². The zero-order valence-corrected chi connectivity index (χ0v) is 6.79. The van der Waals surface area contributed by atoms with E-state index in [9.17, 15) is 4.79 Å². The number of imidazole rings is 1. The van der Waals surface area contributed by atoms with Crippen molar-refractivity contribution in [2.24, 2.45) is 5.73 Å². The predicted molar refractivity (Wildman–Crippen MR) is 42.6 cm³/mol. The molecule has 0 saturated heterocycles. The first-order valence-electron chi connectivity index (χ1n) is 3.59. The predicted octanol–water partition coefficient (Wildman–Crippen LogP) is -0.196. The standard InChI is InChI=1S/C7H11N3O2/c1-4-5(3-8)10-6(9-4)2-7(11)12/h2-3,8H2,1H3,(H,9,10)(H,11,12). The number of hydrogen-bond acceptors (Lipinski definition) is 3. The van der Waals surface area contributed by atoms with Gasteiger partial charge in [0.2, 0.25) is 0 Å². The van der Waals surface area contributed by atoms with Crippen LogP contribution >= 0.6 is 0 Å². The van der Waals surface area contributed by atoms with Crippen LogP contribution in [0, 0.1) is 6.92 Å². The zero-order chi connectivity index (χ0) is 9.14. The van der Waals surface area contributed by atoms with Gasteiger partial charge in [0.1, 0.15) is 12.2 Å². The SMILES string of the molecule is Cc1[nH]c(CC(=O)O)nc1CN. The Morgan fingerprint density at radius 1 is 1.75 bits per heavy atom. The Hall–Kier alpha value is -1.36. The average molecular weight is 169 g/mol. The molecular weight excluding hydrogens is 158 g/mol. The molecule has 0 atom stereocenters. The molecule has 1 aromatic heterocycles. The van der Waals surface area contributed by atoms with Crippen molar-refractivity contribution in [3.63, 3.8) is 0 Å². The highest BCUT2D eigenvalue weighted by molar-refractivity contribution is 5.69. The number of aromatic amines is 1. The third kappa shape index (κ3) is 1.82. The molecule has 0 fully saturated rings. The van der Waals surface area contributed by atoms with Crippen molar-refractivity contribution in [3.8, 4) is 0 Å². The fraction of sp³-hybridized carbons (Fsp3) is 0.429. The first kappa shape index (κ1) is 8.73. The first-order chi connectivity index (χ1) is 5.63. The van der Waals surface area contributed by atoms with Crippen LogP contribution in [0.25, 0.3) is 0 Å². The van der Waals surface area contributed by atoms with Gasteiger partial charge in [0, 0.05) is 12.2 Å². The summed E-state index contributed by atoms with van der Waals surface area (Å²) in [5, 5.41) is 8.45. The summed E-state index contributed by atoms with van der Waals surface area (Å²) in [4.78, 5) is 17.1. The van der Waals surface area contributed by atoms with E-state index in [1.54, 1.807) is 0 Å². The van der Waals surface area contributed by atoms with E-state index in [0.717, 1.165) is 11.4 Å². The Kier molecular flexibility index (Phi) is 2.44. The Bertz CT molecular complexity index is 293. The number of hydrogen-bond donors (Lipinski definition) is 3. The summed E-state index contributed by atoms with van der Waals surface area (Å²) >= 11 is 0. The highest BCUT2D eigenvalue weighted by atomic mass is 16.4. The molecule has 5 heteroatoms. The molecule has 0 spiro atoms. The number of aryl methyl sites for hydroxylation is 1. The van der Waals surface area contributed by atoms with Gasteiger partial charge in [0.05, 0.1) is 5.69 Å². The summed E-state index contributed by atoms with van der Waals surface area (Å²) in [6.45, 7) is 2.16. The molecule has 1 rings (SSSR count). The lowest BCUT2D eigenvalue weighted by Gasteiger charge is -1.87. The molecule has 0 aliphatic heterocycles. The number of carbonyl (C=O) groups is 1. The van der Waals surface area contributed by atoms with Crippen LogP contribution in [0.15, 0.2) is 0 Å². The van der Waals surface area contributed by atoms with Crippen molar-refractivity contribution in [2.75, 3.05) is 0 Å². The zero-order valence-electron chi connectivity index (χ0n) is 6.79. The Morgan fingerprint density at radius 2 is 2.42 bits per heavy atom. The van der Waals surface area contributed by atoms with E-state index in [2.05, 4.69) is 9.97 Å². The summed E-state index contributed by atoms with van der Waals surface area (Å²) in [5.41, 5.74) is 6.93. The van der Waals surface area contributed by atoms with Crippen molar-refractivity contribution in [3.05, 3.63) is 17.2 Å². The molecular formula is C7H11N3O2. The number of nitrogens with two attached hydrogens (primary N) is 1. The van der Waals surface area contributed by atoms with Crippen LogP contribution in [0.2, 0.25) is 0 Å². The molecule has 4 N–H and O–H groups in total. The maximum atomic E-state index is 10.3. The topological polar surface area (TPSA) is 92.0 Å². The maximum Gasteiger partial charge on any atom is 0.311 e. The second-order valence-electron chi connectivity index (χ2n) is 2.53. The summed E-state index contributed by atoms with van der Waals surface area (Å²) in [6.07, 6.45) is -0.0825. The molecule has 12 heavy (non-hydrogen) atoms. The van der Waals surface area contributed by atoms with Crippen LogP contribution in [-0.4, -0.2) is 21.0 Å². The van der Waals surface area contributed by atoms with Gasteiger partial charge in [-0.3, -0.25) is 4.79 Å². The van der Waals surface area contributed by atoms with Crippen LogP contribution in [0.3, 0.4) is 0 Å². The van der Waals surface area contributed by atoms with Crippen molar-refractivity contribution >= 4 is 5.97 Å². The number of nitrogens with zero attached hydrogens (tertiary/aromatic N) is 1. The number of nitrogens with one attached hydrogen (secondary N) is 1. The van der Waals surface area contributed by atoms with E-state index in [4.69, 9.17) is 10.8 Å². The number of carboxylic acid groups (broad SMARTS) is 1. The van der Waals surface area contributed by atoms with E-state index in [-0.39, 0.29) is 6.42 Å². The largest absolute Gasteiger partial charge is 0.481 e. The van der Waals surface area contributed by atoms with Crippen molar-refractivity contribution < 1.29 is 9.90 Å². The molecule has 0 aliphatic rings. The molecule has 0 unspecified atom stereocenters. The molecule has 0 aliphatic carbocycles. The monoisotopic (exact) mass is 169 g/mol. The number of aliphatic carboxylic acids is 1. The van der Waals surface area contributed by atoms with E-state index in [1.807, 2.05) is 6.92 Å². The molecule has 1 heterocycles. The molecule has 66 valence electrons. The number of aromatic nitrogens is 2. The van der Waals surface area contributed by atoms with Crippen LogP contribution in [-0.2, 0) is 17.8 Å². The van der Waals surface area contributed by atoms with Gasteiger partial charge in [0.15, 0.2) is 0 Å². The Labute approximate surface area is 69.6 Å². The molecule has 0 bridgehead atoms. The van der Waals surface area contributed by atoms with Crippen molar-refractivity contribution in [2.45, 2.75) is 19.9 Å². The highest BCUT2D eigenvalue weighted by Crippen LogP contribution is 2.03. The molecule has 5 nitrogen and oxygen atoms in total. The number of carboxylic acids is 1. The fourth-order valence-electron chi connectivity index (χ4n) is 0.989. The fourth-order valence-corrected chi connectivity index (χ4v) is 0.989. The molecule has 0 radical (unpaired) electrons. The molecule has 0 aromatic carbocycles. The van der Waals surface area contributed by atoms with E-state index >= 15 is 0 Å². The maximum absolute atomic E-state index is 10.3. The van der Waals surface area contributed by atoms with Gasteiger partial charge in [-0.1, -0.05) is 0 Å². The van der Waals surface area contributed by atoms with Crippen LogP contribution in [0.1, 0.15) is 17.2 Å². The van der Waals surface area contributed by atoms with E-state index in [0.29, 0.717) is 12.4 Å². The lowest BCUT2D eigenvalue weighted by molar-refractivity contribution is -0.136. The van der Waals surface area contributed by atoms with Crippen molar-refractivity contribution in [1.29, 1.82) is 0 Å². The minimum absolute atomic E-state index is 0.0825. The quantitative estimate of drug-likeness (QED) is 0.584. The molecule has 0 saturated carbocycles. The lowest BCUT2D eigenvalue weighted by atomic mass is 10.3. The molecule has 1 aromatic rings. The van der Waals surface area contributed by atoms with Crippen LogP contribution in [0.5, 0.6) is 0 Å². The van der Waals surface area contributed by atoms with Gasteiger partial charge in [-0.2, -0.15) is 0 Å². The highest BCUT2D eigenvalue weighted by Gasteiger charge is 2.07. The van der Waals surface area contributed by atoms with Gasteiger partial charge in [-0.15, -0.1) is 0 Å². The Balaban J connectivity index is 2.82. The molecule has 0 amide bonds. The van der Waals surface area contributed by atoms with Gasteiger partial charge < -0.3 is 15.8 Å². The summed E-state index contributed by atoms with van der Waals surface area (Å²) < 4.78 is 0. The first-order valence-corrected chi connectivity index (χ1v) is 3.59. The van der Waals surface area contributed by atoms with E-state index in [1.165, 1.54) is 0 Å². The Morgan fingerprint density at radius 3 is 2.83 bits per heavy atom.